The number of aromatic amines is 1. The van der Waals surface area contributed by atoms with Crippen molar-refractivity contribution in [2.24, 2.45) is 11.8 Å². The summed E-state index contributed by atoms with van der Waals surface area (Å²) in [7, 11) is 0. The predicted octanol–water partition coefficient (Wildman–Crippen LogP) is 0.386. The van der Waals surface area contributed by atoms with Gasteiger partial charge in [-0.25, -0.2) is 4.79 Å². The largest absolute Gasteiger partial charge is 0.394 e. The number of aliphatic hydroxyl groups excluding tert-OH is 2. The molecule has 0 aromatic carbocycles. The van der Waals surface area contributed by atoms with Crippen molar-refractivity contribution in [3.05, 3.63) is 44.2 Å². The van der Waals surface area contributed by atoms with E-state index < -0.39 is 29.2 Å². The van der Waals surface area contributed by atoms with Crippen LogP contribution in [0.2, 0.25) is 0 Å². The number of nitrogens with zero attached hydrogens (tertiary/aromatic N) is 1. The molecule has 7 heteroatoms. The van der Waals surface area contributed by atoms with E-state index in [-0.39, 0.29) is 13.0 Å². The fourth-order valence-electron chi connectivity index (χ4n) is 4.71. The summed E-state index contributed by atoms with van der Waals surface area (Å²) in [5.41, 5.74) is -0.378. The van der Waals surface area contributed by atoms with Gasteiger partial charge in [-0.15, -0.1) is 0 Å². The second-order valence-electron chi connectivity index (χ2n) is 7.69. The van der Waals surface area contributed by atoms with Crippen LogP contribution in [0.1, 0.15) is 37.7 Å². The van der Waals surface area contributed by atoms with Crippen molar-refractivity contribution >= 4 is 0 Å². The lowest BCUT2D eigenvalue weighted by Crippen LogP contribution is -2.45. The average Bonchev–Trinajstić information content (AvgIpc) is 3.25. The van der Waals surface area contributed by atoms with Gasteiger partial charge in [-0.2, -0.15) is 0 Å². The molecule has 136 valence electrons. The summed E-state index contributed by atoms with van der Waals surface area (Å²) in [5.74, 6) is 1.11. The molecule has 1 aliphatic heterocycles. The van der Waals surface area contributed by atoms with Gasteiger partial charge in [0, 0.05) is 24.6 Å². The van der Waals surface area contributed by atoms with Crippen LogP contribution < -0.4 is 11.2 Å². The number of aromatic nitrogens is 2. The van der Waals surface area contributed by atoms with Crippen LogP contribution in [-0.4, -0.2) is 38.6 Å². The molecular formula is C18H24N2O5. The molecule has 4 rings (SSSR count). The zero-order valence-electron chi connectivity index (χ0n) is 14.3. The Morgan fingerprint density at radius 3 is 2.80 bits per heavy atom. The molecule has 0 amide bonds. The third-order valence-electron chi connectivity index (χ3n) is 5.99. The highest BCUT2D eigenvalue weighted by molar-refractivity contribution is 5.22. The van der Waals surface area contributed by atoms with Crippen LogP contribution in [0.25, 0.3) is 0 Å². The quantitative estimate of drug-likeness (QED) is 0.683. The number of H-pyrrole nitrogens is 1. The number of aryl methyl sites for hydroxylation is 1. The summed E-state index contributed by atoms with van der Waals surface area (Å²) < 4.78 is 7.44. The van der Waals surface area contributed by atoms with E-state index in [9.17, 15) is 19.8 Å². The Hall–Kier alpha value is -1.70. The van der Waals surface area contributed by atoms with E-state index in [0.717, 1.165) is 12.8 Å². The van der Waals surface area contributed by atoms with Crippen molar-refractivity contribution in [1.82, 2.24) is 9.55 Å². The maximum atomic E-state index is 12.5. The van der Waals surface area contributed by atoms with Gasteiger partial charge in [-0.05, 0) is 38.0 Å². The van der Waals surface area contributed by atoms with E-state index >= 15 is 0 Å². The van der Waals surface area contributed by atoms with Gasteiger partial charge in [0.05, 0.1) is 12.7 Å². The first kappa shape index (κ1) is 16.8. The monoisotopic (exact) mass is 348 g/mol. The van der Waals surface area contributed by atoms with Crippen LogP contribution >= 0.6 is 0 Å². The van der Waals surface area contributed by atoms with Crippen molar-refractivity contribution in [2.75, 3.05) is 6.61 Å². The molecule has 0 spiro atoms. The topological polar surface area (TPSA) is 105 Å². The number of aliphatic hydroxyl groups is 2. The Labute approximate surface area is 145 Å². The Kier molecular flexibility index (Phi) is 3.97. The smallest absolute Gasteiger partial charge is 0.330 e. The fraction of sp³-hybridized carbons (Fsp3) is 0.667. The molecule has 0 radical (unpaired) electrons. The van der Waals surface area contributed by atoms with Crippen LogP contribution in [0.3, 0.4) is 0 Å². The Balaban J connectivity index is 1.77. The minimum atomic E-state index is -1.07. The molecular weight excluding hydrogens is 324 g/mol. The number of nitrogens with one attached hydrogen (secondary N) is 1. The number of fused-ring (bicyclic) bond motifs is 2. The standard InChI is InChI=1S/C18H24N2O5/c1-10-8-20(17(24)19-16(10)23)18(7-14(22)15(9-21)25-18)6-13-5-11-2-3-12(13)4-11/h5,8,11-12,14-15,21-22H,2-4,6-7,9H2,1H3,(H,19,23,24)/t11?,12?,14-,15+,18+/m0/s1. The van der Waals surface area contributed by atoms with Crippen LogP contribution in [0.15, 0.2) is 27.4 Å². The fourth-order valence-corrected chi connectivity index (χ4v) is 4.71. The van der Waals surface area contributed by atoms with Crippen LogP contribution in [0.5, 0.6) is 0 Å². The molecule has 3 aliphatic rings. The molecule has 1 saturated heterocycles. The second kappa shape index (κ2) is 5.93. The summed E-state index contributed by atoms with van der Waals surface area (Å²) in [6, 6.07) is 0. The highest BCUT2D eigenvalue weighted by Crippen LogP contribution is 2.49. The number of hydrogen-bond donors (Lipinski definition) is 3. The zero-order valence-corrected chi connectivity index (χ0v) is 14.3. The maximum absolute atomic E-state index is 12.5. The van der Waals surface area contributed by atoms with Crippen LogP contribution in [0, 0.1) is 18.8 Å². The van der Waals surface area contributed by atoms with E-state index in [1.54, 1.807) is 6.92 Å². The zero-order chi connectivity index (χ0) is 17.8. The van der Waals surface area contributed by atoms with Crippen LogP contribution in [-0.2, 0) is 10.5 Å². The molecule has 7 nitrogen and oxygen atoms in total. The lowest BCUT2D eigenvalue weighted by molar-refractivity contribution is -0.119. The van der Waals surface area contributed by atoms with Crippen molar-refractivity contribution in [3.63, 3.8) is 0 Å². The number of rotatable bonds is 4. The molecule has 25 heavy (non-hydrogen) atoms. The third kappa shape index (κ3) is 2.70. The molecule has 2 unspecified atom stereocenters. The SMILES string of the molecule is Cc1cn([C@@]2(CC3=CC4CCC3C4)C[C@H](O)[C@@H](CO)O2)c(=O)[nH]c1=O. The highest BCUT2D eigenvalue weighted by atomic mass is 16.6. The van der Waals surface area contributed by atoms with E-state index in [0.29, 0.717) is 23.8 Å². The Morgan fingerprint density at radius 1 is 1.40 bits per heavy atom. The molecule has 1 aromatic rings. The second-order valence-corrected chi connectivity index (χ2v) is 7.69. The average molecular weight is 348 g/mol. The summed E-state index contributed by atoms with van der Waals surface area (Å²) in [5, 5.41) is 19.8. The number of hydrogen-bond acceptors (Lipinski definition) is 5. The van der Waals surface area contributed by atoms with Crippen molar-refractivity contribution in [2.45, 2.75) is 57.0 Å². The van der Waals surface area contributed by atoms with Gasteiger partial charge in [0.25, 0.3) is 5.56 Å². The van der Waals surface area contributed by atoms with Crippen molar-refractivity contribution in [3.8, 4) is 0 Å². The number of ether oxygens (including phenoxy) is 1. The van der Waals surface area contributed by atoms with Gasteiger partial charge in [-0.1, -0.05) is 11.6 Å². The normalized spacial score (nSPS) is 36.8. The molecule has 1 saturated carbocycles. The number of allylic oxidation sites excluding steroid dienone is 1. The van der Waals surface area contributed by atoms with Gasteiger partial charge < -0.3 is 14.9 Å². The van der Waals surface area contributed by atoms with Gasteiger partial charge >= 0.3 is 5.69 Å². The Bertz CT molecular complexity index is 825. The first-order chi connectivity index (χ1) is 11.9. The molecule has 2 heterocycles. The van der Waals surface area contributed by atoms with Gasteiger partial charge in [0.15, 0.2) is 5.72 Å². The van der Waals surface area contributed by atoms with Crippen molar-refractivity contribution in [1.29, 1.82) is 0 Å². The van der Waals surface area contributed by atoms with Gasteiger partial charge in [0.1, 0.15) is 6.10 Å². The molecule has 2 bridgehead atoms. The predicted molar refractivity (Wildman–Crippen MR) is 90.1 cm³/mol. The summed E-state index contributed by atoms with van der Waals surface area (Å²) >= 11 is 0. The van der Waals surface area contributed by atoms with Gasteiger partial charge in [-0.3, -0.25) is 14.3 Å². The minimum absolute atomic E-state index is 0.207. The first-order valence-corrected chi connectivity index (χ1v) is 8.92. The highest BCUT2D eigenvalue weighted by Gasteiger charge is 2.50. The maximum Gasteiger partial charge on any atom is 0.330 e. The third-order valence-corrected chi connectivity index (χ3v) is 5.99. The van der Waals surface area contributed by atoms with E-state index in [2.05, 4.69) is 11.1 Å². The van der Waals surface area contributed by atoms with Gasteiger partial charge in [0.2, 0.25) is 0 Å². The Morgan fingerprint density at radius 2 is 2.20 bits per heavy atom. The molecule has 2 aliphatic carbocycles. The first-order valence-electron chi connectivity index (χ1n) is 8.92. The molecule has 5 atom stereocenters. The minimum Gasteiger partial charge on any atom is -0.394 e. The summed E-state index contributed by atoms with van der Waals surface area (Å²) in [6.45, 7) is 1.32. The summed E-state index contributed by atoms with van der Waals surface area (Å²) in [6.07, 6.45) is 6.40. The van der Waals surface area contributed by atoms with E-state index in [1.807, 2.05) is 0 Å². The molecule has 1 aromatic heterocycles. The molecule has 2 fully saturated rings. The lowest BCUT2D eigenvalue weighted by Gasteiger charge is -2.33. The van der Waals surface area contributed by atoms with Crippen molar-refractivity contribution < 1.29 is 14.9 Å². The van der Waals surface area contributed by atoms with E-state index in [1.165, 1.54) is 22.8 Å². The molecule has 3 N–H and O–H groups in total. The summed E-state index contributed by atoms with van der Waals surface area (Å²) in [4.78, 5) is 26.5. The van der Waals surface area contributed by atoms with Crippen LogP contribution in [0.4, 0.5) is 0 Å². The van der Waals surface area contributed by atoms with E-state index in [4.69, 9.17) is 4.74 Å². The lowest BCUT2D eigenvalue weighted by atomic mass is 9.89.